The second-order valence-corrected chi connectivity index (χ2v) is 3.61. The number of hydrogen-bond acceptors (Lipinski definition) is 4. The summed E-state index contributed by atoms with van der Waals surface area (Å²) in [5.41, 5.74) is -1.34. The molecular weight excluding hydrogens is 184 g/mol. The van der Waals surface area contributed by atoms with Crippen molar-refractivity contribution in [2.45, 2.75) is 38.2 Å². The summed E-state index contributed by atoms with van der Waals surface area (Å²) in [5.74, 6) is 0. The summed E-state index contributed by atoms with van der Waals surface area (Å²) in [7, 11) is 0. The zero-order valence-corrected chi connectivity index (χ0v) is 8.91. The van der Waals surface area contributed by atoms with Gasteiger partial charge in [-0.3, -0.25) is 0 Å². The molecule has 0 amide bonds. The molecule has 0 fully saturated rings. The fourth-order valence-corrected chi connectivity index (χ4v) is 1.06. The smallest absolute Gasteiger partial charge is 0.111 e. The maximum Gasteiger partial charge on any atom is 0.111 e. The third kappa shape index (κ3) is 6.32. The first-order chi connectivity index (χ1) is 6.68. The number of ether oxygens (including phenoxy) is 1. The molecule has 0 unspecified atom stereocenters. The standard InChI is InChI=1S/C10H22O4/c1-2-3-6-14-7-4-5-10(13,8-11)9-12/h11-13H,2-9H2,1H3. The van der Waals surface area contributed by atoms with Gasteiger partial charge in [0.2, 0.25) is 0 Å². The van der Waals surface area contributed by atoms with Crippen LogP contribution in [0.5, 0.6) is 0 Å². The molecule has 4 heteroatoms. The Labute approximate surface area is 85.5 Å². The Hall–Kier alpha value is -0.160. The summed E-state index contributed by atoms with van der Waals surface area (Å²) in [6, 6.07) is 0. The monoisotopic (exact) mass is 206 g/mol. The minimum Gasteiger partial charge on any atom is -0.393 e. The van der Waals surface area contributed by atoms with Gasteiger partial charge in [0.1, 0.15) is 5.60 Å². The van der Waals surface area contributed by atoms with Gasteiger partial charge in [0.05, 0.1) is 13.2 Å². The molecule has 0 aliphatic rings. The van der Waals surface area contributed by atoms with Crippen LogP contribution in [-0.2, 0) is 4.74 Å². The molecule has 0 aromatic heterocycles. The number of aliphatic hydroxyl groups excluding tert-OH is 2. The SMILES string of the molecule is CCCCOCCCC(O)(CO)CO. The second kappa shape index (κ2) is 8.17. The number of aliphatic hydroxyl groups is 3. The molecule has 0 heterocycles. The quantitative estimate of drug-likeness (QED) is 0.474. The molecule has 14 heavy (non-hydrogen) atoms. The normalized spacial score (nSPS) is 12.0. The van der Waals surface area contributed by atoms with Crippen LogP contribution in [0.15, 0.2) is 0 Å². The molecule has 0 saturated heterocycles. The van der Waals surface area contributed by atoms with Crippen molar-refractivity contribution in [2.75, 3.05) is 26.4 Å². The van der Waals surface area contributed by atoms with E-state index >= 15 is 0 Å². The lowest BCUT2D eigenvalue weighted by molar-refractivity contribution is -0.0647. The Morgan fingerprint density at radius 3 is 2.14 bits per heavy atom. The number of rotatable bonds is 9. The number of unbranched alkanes of at least 4 members (excludes halogenated alkanes) is 1. The van der Waals surface area contributed by atoms with Gasteiger partial charge < -0.3 is 20.1 Å². The van der Waals surface area contributed by atoms with Crippen molar-refractivity contribution in [2.24, 2.45) is 0 Å². The van der Waals surface area contributed by atoms with E-state index in [1.165, 1.54) is 0 Å². The van der Waals surface area contributed by atoms with Gasteiger partial charge in [-0.1, -0.05) is 13.3 Å². The van der Waals surface area contributed by atoms with Gasteiger partial charge >= 0.3 is 0 Å². The molecule has 0 radical (unpaired) electrons. The first-order valence-electron chi connectivity index (χ1n) is 5.20. The molecule has 0 aromatic carbocycles. The third-order valence-corrected chi connectivity index (χ3v) is 2.16. The van der Waals surface area contributed by atoms with E-state index in [0.717, 1.165) is 19.4 Å². The minimum atomic E-state index is -1.34. The van der Waals surface area contributed by atoms with Gasteiger partial charge in [-0.15, -0.1) is 0 Å². The Morgan fingerprint density at radius 2 is 1.64 bits per heavy atom. The van der Waals surface area contributed by atoms with Crippen molar-refractivity contribution in [3.63, 3.8) is 0 Å². The van der Waals surface area contributed by atoms with Gasteiger partial charge in [0.25, 0.3) is 0 Å². The highest BCUT2D eigenvalue weighted by molar-refractivity contribution is 4.75. The van der Waals surface area contributed by atoms with Crippen molar-refractivity contribution in [1.29, 1.82) is 0 Å². The average molecular weight is 206 g/mol. The van der Waals surface area contributed by atoms with Crippen LogP contribution in [0.1, 0.15) is 32.6 Å². The zero-order chi connectivity index (χ0) is 10.9. The molecule has 0 saturated carbocycles. The lowest BCUT2D eigenvalue weighted by atomic mass is 10.0. The van der Waals surface area contributed by atoms with Crippen molar-refractivity contribution in [3.05, 3.63) is 0 Å². The molecule has 0 atom stereocenters. The van der Waals surface area contributed by atoms with Crippen LogP contribution in [0.4, 0.5) is 0 Å². The predicted octanol–water partition coefficient (Wildman–Crippen LogP) is 0.299. The highest BCUT2D eigenvalue weighted by Crippen LogP contribution is 2.11. The second-order valence-electron chi connectivity index (χ2n) is 3.61. The molecule has 86 valence electrons. The van der Waals surface area contributed by atoms with Crippen LogP contribution in [0, 0.1) is 0 Å². The first kappa shape index (κ1) is 13.8. The van der Waals surface area contributed by atoms with Crippen LogP contribution in [0.3, 0.4) is 0 Å². The zero-order valence-electron chi connectivity index (χ0n) is 8.91. The van der Waals surface area contributed by atoms with E-state index in [9.17, 15) is 5.11 Å². The van der Waals surface area contributed by atoms with Crippen LogP contribution < -0.4 is 0 Å². The van der Waals surface area contributed by atoms with Crippen molar-refractivity contribution < 1.29 is 20.1 Å². The van der Waals surface area contributed by atoms with E-state index < -0.39 is 18.8 Å². The maximum absolute atomic E-state index is 9.48. The van der Waals surface area contributed by atoms with Gasteiger partial charge in [0, 0.05) is 13.2 Å². The van der Waals surface area contributed by atoms with E-state index in [-0.39, 0.29) is 0 Å². The highest BCUT2D eigenvalue weighted by atomic mass is 16.5. The van der Waals surface area contributed by atoms with Crippen LogP contribution in [0.2, 0.25) is 0 Å². The maximum atomic E-state index is 9.48. The average Bonchev–Trinajstić information content (AvgIpc) is 2.23. The van der Waals surface area contributed by atoms with Gasteiger partial charge in [-0.05, 0) is 19.3 Å². The molecule has 0 aromatic rings. The molecule has 3 N–H and O–H groups in total. The lowest BCUT2D eigenvalue weighted by Gasteiger charge is -2.22. The Morgan fingerprint density at radius 1 is 1.07 bits per heavy atom. The lowest BCUT2D eigenvalue weighted by Crippen LogP contribution is -2.37. The summed E-state index contributed by atoms with van der Waals surface area (Å²) >= 11 is 0. The fraction of sp³-hybridized carbons (Fsp3) is 1.00. The van der Waals surface area contributed by atoms with Crippen molar-refractivity contribution in [3.8, 4) is 0 Å². The Kier molecular flexibility index (Phi) is 8.08. The van der Waals surface area contributed by atoms with Crippen LogP contribution >= 0.6 is 0 Å². The summed E-state index contributed by atoms with van der Waals surface area (Å²) < 4.78 is 5.28. The van der Waals surface area contributed by atoms with Crippen molar-refractivity contribution in [1.82, 2.24) is 0 Å². The molecule has 4 nitrogen and oxygen atoms in total. The molecule has 0 aliphatic heterocycles. The van der Waals surface area contributed by atoms with E-state index in [1.54, 1.807) is 0 Å². The van der Waals surface area contributed by atoms with Gasteiger partial charge in [0.15, 0.2) is 0 Å². The first-order valence-corrected chi connectivity index (χ1v) is 5.20. The molecule has 0 bridgehead atoms. The fourth-order valence-electron chi connectivity index (χ4n) is 1.06. The summed E-state index contributed by atoms with van der Waals surface area (Å²) in [4.78, 5) is 0. The summed E-state index contributed by atoms with van der Waals surface area (Å²) in [5, 5.41) is 27.0. The number of hydrogen-bond donors (Lipinski definition) is 3. The van der Waals surface area contributed by atoms with Crippen molar-refractivity contribution >= 4 is 0 Å². The highest BCUT2D eigenvalue weighted by Gasteiger charge is 2.23. The molecule has 0 rings (SSSR count). The Balaban J connectivity index is 3.34. The largest absolute Gasteiger partial charge is 0.393 e. The van der Waals surface area contributed by atoms with E-state index in [0.29, 0.717) is 19.4 Å². The van der Waals surface area contributed by atoms with E-state index in [4.69, 9.17) is 14.9 Å². The van der Waals surface area contributed by atoms with Crippen LogP contribution in [0.25, 0.3) is 0 Å². The summed E-state index contributed by atoms with van der Waals surface area (Å²) in [6.45, 7) is 2.60. The molecular formula is C10H22O4. The molecule has 0 spiro atoms. The van der Waals surface area contributed by atoms with E-state index in [1.807, 2.05) is 0 Å². The topological polar surface area (TPSA) is 69.9 Å². The van der Waals surface area contributed by atoms with Gasteiger partial charge in [-0.2, -0.15) is 0 Å². The van der Waals surface area contributed by atoms with Gasteiger partial charge in [-0.25, -0.2) is 0 Å². The minimum absolute atomic E-state index is 0.367. The summed E-state index contributed by atoms with van der Waals surface area (Å²) in [6.07, 6.45) is 3.18. The molecule has 0 aliphatic carbocycles. The van der Waals surface area contributed by atoms with E-state index in [2.05, 4.69) is 6.92 Å². The predicted molar refractivity (Wildman–Crippen MR) is 54.1 cm³/mol. The van der Waals surface area contributed by atoms with Crippen LogP contribution in [-0.4, -0.2) is 47.3 Å². The Bertz CT molecular complexity index is 123. The third-order valence-electron chi connectivity index (χ3n) is 2.16.